The van der Waals surface area contributed by atoms with Gasteiger partial charge in [-0.1, -0.05) is 0 Å². The Balaban J connectivity index is 2.22. The summed E-state index contributed by atoms with van der Waals surface area (Å²) >= 11 is 0. The zero-order valence-corrected chi connectivity index (χ0v) is 9.77. The van der Waals surface area contributed by atoms with E-state index in [0.717, 1.165) is 30.8 Å². The third-order valence-electron chi connectivity index (χ3n) is 3.24. The fourth-order valence-electron chi connectivity index (χ4n) is 2.12. The Kier molecular flexibility index (Phi) is 3.12. The highest BCUT2D eigenvalue weighted by atomic mass is 16.5. The van der Waals surface area contributed by atoms with Crippen molar-refractivity contribution in [1.29, 1.82) is 0 Å². The molecular weight excluding hydrogens is 204 g/mol. The highest BCUT2D eigenvalue weighted by Gasteiger charge is 2.37. The highest BCUT2D eigenvalue weighted by molar-refractivity contribution is 5.27. The second-order valence-corrected chi connectivity index (χ2v) is 4.40. The molecule has 0 aliphatic carbocycles. The number of hydrogen-bond acceptors (Lipinski definition) is 4. The number of methoxy groups -OCH3 is 1. The highest BCUT2D eigenvalue weighted by Crippen LogP contribution is 2.36. The molecule has 2 heterocycles. The summed E-state index contributed by atoms with van der Waals surface area (Å²) in [7, 11) is 1.63. The molecule has 0 saturated carbocycles. The number of aromatic nitrogens is 1. The Morgan fingerprint density at radius 1 is 1.56 bits per heavy atom. The van der Waals surface area contributed by atoms with Crippen LogP contribution in [0.2, 0.25) is 0 Å². The zero-order valence-electron chi connectivity index (χ0n) is 9.77. The van der Waals surface area contributed by atoms with E-state index in [1.165, 1.54) is 0 Å². The summed E-state index contributed by atoms with van der Waals surface area (Å²) in [5, 5.41) is 0. The van der Waals surface area contributed by atoms with Crippen LogP contribution in [0.1, 0.15) is 31.4 Å². The molecule has 1 aromatic heterocycles. The van der Waals surface area contributed by atoms with E-state index in [9.17, 15) is 0 Å². The first-order valence-corrected chi connectivity index (χ1v) is 5.54. The summed E-state index contributed by atoms with van der Waals surface area (Å²) in [5.41, 5.74) is 6.93. The van der Waals surface area contributed by atoms with Crippen molar-refractivity contribution in [2.45, 2.75) is 31.4 Å². The summed E-state index contributed by atoms with van der Waals surface area (Å²) in [6, 6.07) is 1.77. The van der Waals surface area contributed by atoms with Crippen molar-refractivity contribution in [2.75, 3.05) is 13.7 Å². The molecule has 0 bridgehead atoms. The molecule has 1 aliphatic rings. The first-order chi connectivity index (χ1) is 7.65. The number of nitrogens with zero attached hydrogens (tertiary/aromatic N) is 1. The Hall–Kier alpha value is -1.13. The van der Waals surface area contributed by atoms with Crippen LogP contribution in [-0.2, 0) is 4.74 Å². The van der Waals surface area contributed by atoms with E-state index in [2.05, 4.69) is 11.9 Å². The van der Waals surface area contributed by atoms with Gasteiger partial charge in [0.2, 0.25) is 0 Å². The van der Waals surface area contributed by atoms with Gasteiger partial charge in [-0.25, -0.2) is 0 Å². The van der Waals surface area contributed by atoms with Crippen molar-refractivity contribution in [1.82, 2.24) is 4.98 Å². The lowest BCUT2D eigenvalue weighted by atomic mass is 9.89. The standard InChI is InChI=1S/C12H18N2O2/c1-12(4-3-5-16-12)11(13)9-6-10(15-2)8-14-7-9/h6-8,11H,3-5,13H2,1-2H3. The molecule has 1 aliphatic heterocycles. The van der Waals surface area contributed by atoms with Gasteiger partial charge in [-0.2, -0.15) is 0 Å². The maximum absolute atomic E-state index is 6.24. The van der Waals surface area contributed by atoms with Crippen LogP contribution in [0.3, 0.4) is 0 Å². The van der Waals surface area contributed by atoms with Gasteiger partial charge in [-0.15, -0.1) is 0 Å². The van der Waals surface area contributed by atoms with E-state index in [1.54, 1.807) is 19.5 Å². The number of pyridine rings is 1. The van der Waals surface area contributed by atoms with Crippen molar-refractivity contribution in [3.05, 3.63) is 24.0 Å². The van der Waals surface area contributed by atoms with E-state index >= 15 is 0 Å². The van der Waals surface area contributed by atoms with Gasteiger partial charge >= 0.3 is 0 Å². The Labute approximate surface area is 95.8 Å². The molecule has 2 unspecified atom stereocenters. The van der Waals surface area contributed by atoms with Gasteiger partial charge in [0.1, 0.15) is 5.75 Å². The van der Waals surface area contributed by atoms with Gasteiger partial charge in [0, 0.05) is 12.8 Å². The number of rotatable bonds is 3. The maximum atomic E-state index is 6.24. The molecule has 0 amide bonds. The van der Waals surface area contributed by atoms with Gasteiger partial charge < -0.3 is 15.2 Å². The SMILES string of the molecule is COc1cncc(C(N)C2(C)CCCO2)c1. The number of ether oxygens (including phenoxy) is 2. The molecule has 0 spiro atoms. The average Bonchev–Trinajstić information content (AvgIpc) is 2.76. The summed E-state index contributed by atoms with van der Waals surface area (Å²) < 4.78 is 10.9. The Bertz CT molecular complexity index is 362. The van der Waals surface area contributed by atoms with Gasteiger partial charge in [0.25, 0.3) is 0 Å². The quantitative estimate of drug-likeness (QED) is 0.845. The van der Waals surface area contributed by atoms with Crippen LogP contribution < -0.4 is 10.5 Å². The van der Waals surface area contributed by atoms with Crippen molar-refractivity contribution in [3.63, 3.8) is 0 Å². The number of nitrogens with two attached hydrogens (primary N) is 1. The van der Waals surface area contributed by atoms with Crippen LogP contribution in [0, 0.1) is 0 Å². The minimum absolute atomic E-state index is 0.155. The van der Waals surface area contributed by atoms with Crippen LogP contribution in [-0.4, -0.2) is 24.3 Å². The fraction of sp³-hybridized carbons (Fsp3) is 0.583. The monoisotopic (exact) mass is 222 g/mol. The number of hydrogen-bond donors (Lipinski definition) is 1. The molecule has 4 nitrogen and oxygen atoms in total. The molecule has 1 aromatic rings. The van der Waals surface area contributed by atoms with Crippen LogP contribution in [0.15, 0.2) is 18.5 Å². The van der Waals surface area contributed by atoms with E-state index in [-0.39, 0.29) is 11.6 Å². The third kappa shape index (κ3) is 2.03. The Morgan fingerprint density at radius 2 is 2.38 bits per heavy atom. The third-order valence-corrected chi connectivity index (χ3v) is 3.24. The lowest BCUT2D eigenvalue weighted by Gasteiger charge is -2.30. The van der Waals surface area contributed by atoms with Gasteiger partial charge in [0.15, 0.2) is 0 Å². The van der Waals surface area contributed by atoms with E-state index in [0.29, 0.717) is 0 Å². The van der Waals surface area contributed by atoms with E-state index < -0.39 is 0 Å². The van der Waals surface area contributed by atoms with Crippen LogP contribution in [0.5, 0.6) is 5.75 Å². The van der Waals surface area contributed by atoms with E-state index in [1.807, 2.05) is 6.07 Å². The normalized spacial score (nSPS) is 26.7. The van der Waals surface area contributed by atoms with Crippen molar-refractivity contribution in [2.24, 2.45) is 5.73 Å². The Morgan fingerprint density at radius 3 is 3.00 bits per heavy atom. The van der Waals surface area contributed by atoms with Crippen molar-refractivity contribution in [3.8, 4) is 5.75 Å². The van der Waals surface area contributed by atoms with Crippen molar-refractivity contribution >= 4 is 0 Å². The average molecular weight is 222 g/mol. The molecule has 2 rings (SSSR count). The van der Waals surface area contributed by atoms with Crippen molar-refractivity contribution < 1.29 is 9.47 Å². The molecule has 2 atom stereocenters. The molecule has 1 saturated heterocycles. The lowest BCUT2D eigenvalue weighted by molar-refractivity contribution is -0.00185. The predicted molar refractivity (Wildman–Crippen MR) is 61.3 cm³/mol. The summed E-state index contributed by atoms with van der Waals surface area (Å²) in [6.45, 7) is 2.85. The summed E-state index contributed by atoms with van der Waals surface area (Å²) in [4.78, 5) is 4.12. The second kappa shape index (κ2) is 4.39. The van der Waals surface area contributed by atoms with Gasteiger partial charge in [0.05, 0.1) is 24.9 Å². The van der Waals surface area contributed by atoms with Gasteiger partial charge in [-0.05, 0) is 31.4 Å². The van der Waals surface area contributed by atoms with Crippen LogP contribution in [0.4, 0.5) is 0 Å². The molecule has 16 heavy (non-hydrogen) atoms. The smallest absolute Gasteiger partial charge is 0.137 e. The van der Waals surface area contributed by atoms with Crippen LogP contribution >= 0.6 is 0 Å². The second-order valence-electron chi connectivity index (χ2n) is 4.40. The topological polar surface area (TPSA) is 57.4 Å². The fourth-order valence-corrected chi connectivity index (χ4v) is 2.12. The molecule has 88 valence electrons. The first-order valence-electron chi connectivity index (χ1n) is 5.54. The minimum Gasteiger partial charge on any atom is -0.495 e. The first kappa shape index (κ1) is 11.4. The molecule has 0 aromatic carbocycles. The van der Waals surface area contributed by atoms with E-state index in [4.69, 9.17) is 15.2 Å². The summed E-state index contributed by atoms with van der Waals surface area (Å²) in [5.74, 6) is 0.731. The minimum atomic E-state index is -0.270. The zero-order chi connectivity index (χ0) is 11.6. The molecule has 0 radical (unpaired) electrons. The maximum Gasteiger partial charge on any atom is 0.137 e. The summed E-state index contributed by atoms with van der Waals surface area (Å²) in [6.07, 6.45) is 5.52. The lowest BCUT2D eigenvalue weighted by Crippen LogP contribution is -2.37. The predicted octanol–water partition coefficient (Wildman–Crippen LogP) is 1.66. The van der Waals surface area contributed by atoms with Crippen LogP contribution in [0.25, 0.3) is 0 Å². The molecule has 1 fully saturated rings. The molecule has 2 N–H and O–H groups in total. The largest absolute Gasteiger partial charge is 0.495 e. The van der Waals surface area contributed by atoms with Gasteiger partial charge in [-0.3, -0.25) is 4.98 Å². The molecule has 4 heteroatoms. The molecular formula is C12H18N2O2.